The first-order valence-electron chi connectivity index (χ1n) is 3.32. The standard InChI is InChI=1S/C5H11N2OP/c6-9-7-3-1-2-5(7)4-8-9/h5H,1-4,6H2. The maximum atomic E-state index is 5.69. The van der Waals surface area contributed by atoms with E-state index in [0.717, 1.165) is 13.2 Å². The second-order valence-electron chi connectivity index (χ2n) is 2.56. The molecule has 52 valence electrons. The summed E-state index contributed by atoms with van der Waals surface area (Å²) in [7, 11) is -0.672. The Morgan fingerprint density at radius 1 is 1.67 bits per heavy atom. The molecule has 2 aliphatic heterocycles. The lowest BCUT2D eigenvalue weighted by molar-refractivity contribution is 0.341. The molecule has 3 nitrogen and oxygen atoms in total. The molecule has 0 aliphatic carbocycles. The second-order valence-corrected chi connectivity index (χ2v) is 3.93. The molecule has 0 aromatic carbocycles. The number of fused-ring (bicyclic) bond motifs is 1. The van der Waals surface area contributed by atoms with Gasteiger partial charge in [-0.3, -0.25) is 5.50 Å². The zero-order valence-electron chi connectivity index (χ0n) is 5.29. The molecule has 2 heterocycles. The van der Waals surface area contributed by atoms with Gasteiger partial charge in [-0.1, -0.05) is 0 Å². The van der Waals surface area contributed by atoms with Crippen molar-refractivity contribution in [1.29, 1.82) is 0 Å². The largest absolute Gasteiger partial charge is 0.330 e. The molecule has 0 bridgehead atoms. The van der Waals surface area contributed by atoms with E-state index in [0.29, 0.717) is 6.04 Å². The van der Waals surface area contributed by atoms with Gasteiger partial charge in [0.1, 0.15) is 0 Å². The molecule has 0 spiro atoms. The van der Waals surface area contributed by atoms with E-state index < -0.39 is 8.45 Å². The predicted octanol–water partition coefficient (Wildman–Crippen LogP) is 0.667. The molecule has 2 saturated heterocycles. The summed E-state index contributed by atoms with van der Waals surface area (Å²) >= 11 is 0. The van der Waals surface area contributed by atoms with Crippen LogP contribution in [0.3, 0.4) is 0 Å². The highest BCUT2D eigenvalue weighted by Crippen LogP contribution is 2.45. The third-order valence-electron chi connectivity index (χ3n) is 2.00. The zero-order chi connectivity index (χ0) is 6.27. The van der Waals surface area contributed by atoms with Gasteiger partial charge in [0.25, 0.3) is 0 Å². The van der Waals surface area contributed by atoms with Crippen LogP contribution in [0.2, 0.25) is 0 Å². The van der Waals surface area contributed by atoms with E-state index in [1.807, 2.05) is 0 Å². The maximum Gasteiger partial charge on any atom is 0.182 e. The first kappa shape index (κ1) is 6.05. The van der Waals surface area contributed by atoms with E-state index in [-0.39, 0.29) is 0 Å². The Bertz CT molecular complexity index is 122. The molecule has 2 rings (SSSR count). The van der Waals surface area contributed by atoms with Crippen molar-refractivity contribution in [2.75, 3.05) is 13.2 Å². The van der Waals surface area contributed by atoms with Gasteiger partial charge in [-0.15, -0.1) is 0 Å². The van der Waals surface area contributed by atoms with Crippen LogP contribution in [0.1, 0.15) is 12.8 Å². The lowest BCUT2D eigenvalue weighted by Gasteiger charge is -2.14. The van der Waals surface area contributed by atoms with Gasteiger partial charge in [0.15, 0.2) is 8.45 Å². The van der Waals surface area contributed by atoms with Crippen LogP contribution in [-0.4, -0.2) is 23.9 Å². The highest BCUT2D eigenvalue weighted by Gasteiger charge is 2.36. The van der Waals surface area contributed by atoms with Crippen molar-refractivity contribution in [2.24, 2.45) is 5.50 Å². The number of nitrogens with zero attached hydrogens (tertiary/aromatic N) is 1. The fourth-order valence-electron chi connectivity index (χ4n) is 1.49. The second kappa shape index (κ2) is 2.17. The van der Waals surface area contributed by atoms with Crippen molar-refractivity contribution >= 4 is 8.45 Å². The third-order valence-corrected chi connectivity index (χ3v) is 3.45. The summed E-state index contributed by atoms with van der Waals surface area (Å²) in [5.41, 5.74) is 5.69. The Morgan fingerprint density at radius 2 is 2.56 bits per heavy atom. The van der Waals surface area contributed by atoms with E-state index >= 15 is 0 Å². The summed E-state index contributed by atoms with van der Waals surface area (Å²) in [4.78, 5) is 0. The summed E-state index contributed by atoms with van der Waals surface area (Å²) in [6.07, 6.45) is 2.60. The molecule has 0 amide bonds. The monoisotopic (exact) mass is 146 g/mol. The van der Waals surface area contributed by atoms with E-state index in [1.54, 1.807) is 0 Å². The molecule has 0 saturated carbocycles. The van der Waals surface area contributed by atoms with E-state index in [1.165, 1.54) is 12.8 Å². The summed E-state index contributed by atoms with van der Waals surface area (Å²) in [5.74, 6) is 0. The van der Waals surface area contributed by atoms with E-state index in [9.17, 15) is 0 Å². The van der Waals surface area contributed by atoms with Crippen LogP contribution >= 0.6 is 8.45 Å². The lowest BCUT2D eigenvalue weighted by atomic mass is 10.2. The summed E-state index contributed by atoms with van der Waals surface area (Å²) in [6.45, 7) is 2.04. The van der Waals surface area contributed by atoms with Crippen LogP contribution in [0.25, 0.3) is 0 Å². The predicted molar refractivity (Wildman–Crippen MR) is 36.8 cm³/mol. The Morgan fingerprint density at radius 3 is 3.33 bits per heavy atom. The molecular formula is C5H11N2OP. The highest BCUT2D eigenvalue weighted by molar-refractivity contribution is 7.47. The molecule has 2 aliphatic rings. The van der Waals surface area contributed by atoms with Crippen LogP contribution < -0.4 is 5.50 Å². The van der Waals surface area contributed by atoms with Gasteiger partial charge in [-0.05, 0) is 12.8 Å². The Balaban J connectivity index is 2.07. The van der Waals surface area contributed by atoms with Crippen molar-refractivity contribution in [1.82, 2.24) is 4.67 Å². The van der Waals surface area contributed by atoms with Crippen LogP contribution in [0.4, 0.5) is 0 Å². The summed E-state index contributed by atoms with van der Waals surface area (Å²) < 4.78 is 7.59. The Hall–Kier alpha value is 0.310. The van der Waals surface area contributed by atoms with Gasteiger partial charge in [-0.2, -0.15) is 0 Å². The van der Waals surface area contributed by atoms with Crippen LogP contribution in [0.5, 0.6) is 0 Å². The highest BCUT2D eigenvalue weighted by atomic mass is 31.2. The third kappa shape index (κ3) is 0.887. The molecule has 0 aromatic heterocycles. The quantitative estimate of drug-likeness (QED) is 0.510. The first-order valence-corrected chi connectivity index (χ1v) is 4.60. The fourth-order valence-corrected chi connectivity index (χ4v) is 2.80. The topological polar surface area (TPSA) is 38.5 Å². The number of rotatable bonds is 0. The lowest BCUT2D eigenvalue weighted by Crippen LogP contribution is -2.20. The summed E-state index contributed by atoms with van der Waals surface area (Å²) in [6, 6.07) is 0.668. The minimum atomic E-state index is -0.672. The molecule has 2 fully saturated rings. The van der Waals surface area contributed by atoms with Crippen LogP contribution in [-0.2, 0) is 4.52 Å². The maximum absolute atomic E-state index is 5.69. The smallest absolute Gasteiger partial charge is 0.182 e. The van der Waals surface area contributed by atoms with Gasteiger partial charge in [0.2, 0.25) is 0 Å². The Labute approximate surface area is 56.1 Å². The molecular weight excluding hydrogens is 135 g/mol. The van der Waals surface area contributed by atoms with Crippen LogP contribution in [0, 0.1) is 0 Å². The zero-order valence-corrected chi connectivity index (χ0v) is 6.18. The molecule has 4 heteroatoms. The number of hydrogen-bond acceptors (Lipinski definition) is 3. The SMILES string of the molecule is NP1OCC2CCCN21. The van der Waals surface area contributed by atoms with E-state index in [4.69, 9.17) is 10.0 Å². The average Bonchev–Trinajstić information content (AvgIpc) is 2.35. The summed E-state index contributed by atoms with van der Waals surface area (Å²) in [5, 5.41) is 0. The van der Waals surface area contributed by atoms with Crippen LogP contribution in [0.15, 0.2) is 0 Å². The normalized spacial score (nSPS) is 43.7. The van der Waals surface area contributed by atoms with Crippen molar-refractivity contribution in [2.45, 2.75) is 18.9 Å². The molecule has 2 unspecified atom stereocenters. The van der Waals surface area contributed by atoms with Crippen molar-refractivity contribution < 1.29 is 4.52 Å². The molecule has 2 N–H and O–H groups in total. The van der Waals surface area contributed by atoms with Gasteiger partial charge < -0.3 is 4.52 Å². The first-order chi connectivity index (χ1) is 4.38. The molecule has 9 heavy (non-hydrogen) atoms. The molecule has 0 radical (unpaired) electrons. The average molecular weight is 146 g/mol. The van der Waals surface area contributed by atoms with E-state index in [2.05, 4.69) is 4.67 Å². The van der Waals surface area contributed by atoms with Crippen molar-refractivity contribution in [3.05, 3.63) is 0 Å². The van der Waals surface area contributed by atoms with Crippen molar-refractivity contribution in [3.63, 3.8) is 0 Å². The van der Waals surface area contributed by atoms with Gasteiger partial charge in [-0.25, -0.2) is 4.67 Å². The van der Waals surface area contributed by atoms with Gasteiger partial charge in [0.05, 0.1) is 6.61 Å². The molecule has 2 atom stereocenters. The van der Waals surface area contributed by atoms with Gasteiger partial charge >= 0.3 is 0 Å². The van der Waals surface area contributed by atoms with Crippen molar-refractivity contribution in [3.8, 4) is 0 Å². The fraction of sp³-hybridized carbons (Fsp3) is 1.00. The Kier molecular flexibility index (Phi) is 1.46. The molecule has 0 aromatic rings. The minimum absolute atomic E-state index is 0.668. The van der Waals surface area contributed by atoms with Gasteiger partial charge in [0, 0.05) is 12.6 Å². The minimum Gasteiger partial charge on any atom is -0.330 e. The number of nitrogens with two attached hydrogens (primary N) is 1. The number of hydrogen-bond donors (Lipinski definition) is 1.